The first-order valence-corrected chi connectivity index (χ1v) is 4.85. The molecule has 0 aliphatic rings. The Morgan fingerprint density at radius 1 is 1.43 bits per heavy atom. The molecule has 0 unspecified atom stereocenters. The number of aromatic nitrogens is 3. The van der Waals surface area contributed by atoms with E-state index in [0.29, 0.717) is 24.6 Å². The Hall–Kier alpha value is -0.720. The molecule has 1 aromatic rings. The molecule has 0 bridgehead atoms. The average molecular weight is 217 g/mol. The van der Waals surface area contributed by atoms with Gasteiger partial charge in [-0.25, -0.2) is 0 Å². The number of aromatic amines is 1. The van der Waals surface area contributed by atoms with Gasteiger partial charge < -0.3 is 14.0 Å². The van der Waals surface area contributed by atoms with Gasteiger partial charge in [0, 0.05) is 13.7 Å². The molecule has 1 aromatic heterocycles. The molecular weight excluding hydrogens is 202 g/mol. The van der Waals surface area contributed by atoms with E-state index < -0.39 is 0 Å². The number of hydrogen-bond acceptors (Lipinski definition) is 4. The van der Waals surface area contributed by atoms with Crippen molar-refractivity contribution in [3.8, 4) is 0 Å². The topological polar surface area (TPSA) is 52.1 Å². The number of hydrogen-bond donors (Lipinski definition) is 1. The molecule has 14 heavy (non-hydrogen) atoms. The van der Waals surface area contributed by atoms with Crippen molar-refractivity contribution >= 4 is 12.2 Å². The van der Waals surface area contributed by atoms with Gasteiger partial charge in [0.25, 0.3) is 0 Å². The second-order valence-corrected chi connectivity index (χ2v) is 3.22. The first kappa shape index (κ1) is 11.4. The summed E-state index contributed by atoms with van der Waals surface area (Å²) in [7, 11) is 1.65. The minimum Gasteiger partial charge on any atom is -0.382 e. The maximum Gasteiger partial charge on any atom is 0.195 e. The molecule has 6 heteroatoms. The van der Waals surface area contributed by atoms with Crippen LogP contribution in [0.25, 0.3) is 0 Å². The molecule has 0 saturated heterocycles. The number of rotatable bonds is 6. The van der Waals surface area contributed by atoms with Gasteiger partial charge in [0.2, 0.25) is 0 Å². The highest BCUT2D eigenvalue weighted by Gasteiger charge is 1.99. The first-order chi connectivity index (χ1) is 6.75. The molecule has 0 radical (unpaired) electrons. The van der Waals surface area contributed by atoms with E-state index in [0.717, 1.165) is 12.4 Å². The van der Waals surface area contributed by atoms with E-state index in [1.807, 2.05) is 11.5 Å². The Kier molecular flexibility index (Phi) is 4.78. The fourth-order valence-corrected chi connectivity index (χ4v) is 1.33. The Bertz CT molecular complexity index is 321. The molecule has 0 aliphatic heterocycles. The molecule has 0 atom stereocenters. The molecule has 80 valence electrons. The zero-order chi connectivity index (χ0) is 10.4. The number of ether oxygens (including phenoxy) is 2. The SMILES string of the molecule is COCCOCCn1c(C)n[nH]c1=S. The lowest BCUT2D eigenvalue weighted by Gasteiger charge is -2.05. The summed E-state index contributed by atoms with van der Waals surface area (Å²) >= 11 is 5.04. The Labute approximate surface area is 88.0 Å². The Balaban J connectivity index is 2.28. The first-order valence-electron chi connectivity index (χ1n) is 4.44. The largest absolute Gasteiger partial charge is 0.382 e. The van der Waals surface area contributed by atoms with Crippen LogP contribution in [0.15, 0.2) is 0 Å². The third kappa shape index (κ3) is 3.21. The van der Waals surface area contributed by atoms with Gasteiger partial charge in [-0.15, -0.1) is 0 Å². The van der Waals surface area contributed by atoms with Gasteiger partial charge in [-0.3, -0.25) is 5.10 Å². The van der Waals surface area contributed by atoms with Crippen LogP contribution in [0, 0.1) is 11.7 Å². The Morgan fingerprint density at radius 2 is 2.21 bits per heavy atom. The van der Waals surface area contributed by atoms with Crippen LogP contribution in [-0.2, 0) is 16.0 Å². The highest BCUT2D eigenvalue weighted by Crippen LogP contribution is 1.95. The lowest BCUT2D eigenvalue weighted by Crippen LogP contribution is -2.10. The van der Waals surface area contributed by atoms with E-state index in [-0.39, 0.29) is 0 Å². The second kappa shape index (κ2) is 5.90. The van der Waals surface area contributed by atoms with Crippen molar-refractivity contribution in [2.24, 2.45) is 0 Å². The van der Waals surface area contributed by atoms with Crippen LogP contribution in [-0.4, -0.2) is 41.7 Å². The van der Waals surface area contributed by atoms with Gasteiger partial charge in [0.15, 0.2) is 4.77 Å². The van der Waals surface area contributed by atoms with Crippen LogP contribution in [0.2, 0.25) is 0 Å². The fraction of sp³-hybridized carbons (Fsp3) is 0.750. The fourth-order valence-electron chi connectivity index (χ4n) is 1.06. The second-order valence-electron chi connectivity index (χ2n) is 2.83. The predicted molar refractivity (Wildman–Crippen MR) is 54.8 cm³/mol. The maximum atomic E-state index is 5.32. The molecule has 0 amide bonds. The van der Waals surface area contributed by atoms with Crippen LogP contribution in [0.1, 0.15) is 5.82 Å². The van der Waals surface area contributed by atoms with Crippen LogP contribution < -0.4 is 0 Å². The van der Waals surface area contributed by atoms with Gasteiger partial charge in [-0.2, -0.15) is 5.10 Å². The normalized spacial score (nSPS) is 10.7. The summed E-state index contributed by atoms with van der Waals surface area (Å²) in [5.74, 6) is 0.880. The summed E-state index contributed by atoms with van der Waals surface area (Å²) in [6.07, 6.45) is 0. The monoisotopic (exact) mass is 217 g/mol. The van der Waals surface area contributed by atoms with E-state index in [1.54, 1.807) is 7.11 Å². The molecule has 0 spiro atoms. The lowest BCUT2D eigenvalue weighted by molar-refractivity contribution is 0.0662. The molecule has 5 nitrogen and oxygen atoms in total. The van der Waals surface area contributed by atoms with E-state index in [9.17, 15) is 0 Å². The minimum absolute atomic E-state index is 0.612. The number of nitrogens with one attached hydrogen (secondary N) is 1. The van der Waals surface area contributed by atoms with Crippen LogP contribution in [0.3, 0.4) is 0 Å². The number of aryl methyl sites for hydroxylation is 1. The maximum absolute atomic E-state index is 5.32. The summed E-state index contributed by atoms with van der Waals surface area (Å²) < 4.78 is 12.7. The Morgan fingerprint density at radius 3 is 2.79 bits per heavy atom. The summed E-state index contributed by atoms with van der Waals surface area (Å²) in [5, 5.41) is 6.72. The van der Waals surface area contributed by atoms with Crippen molar-refractivity contribution in [3.05, 3.63) is 10.6 Å². The van der Waals surface area contributed by atoms with E-state index in [2.05, 4.69) is 10.2 Å². The van der Waals surface area contributed by atoms with Crippen molar-refractivity contribution in [3.63, 3.8) is 0 Å². The zero-order valence-electron chi connectivity index (χ0n) is 8.45. The van der Waals surface area contributed by atoms with Gasteiger partial charge in [0.05, 0.1) is 19.8 Å². The molecule has 0 aliphatic carbocycles. The molecular formula is C8H15N3O2S. The standard InChI is InChI=1S/C8H15N3O2S/c1-7-9-10-8(14)11(7)3-4-13-6-5-12-2/h3-6H2,1-2H3,(H,10,14). The highest BCUT2D eigenvalue weighted by molar-refractivity contribution is 7.71. The predicted octanol–water partition coefficient (Wildman–Crippen LogP) is 0.912. The average Bonchev–Trinajstić information content (AvgIpc) is 2.48. The minimum atomic E-state index is 0.612. The van der Waals surface area contributed by atoms with Gasteiger partial charge in [-0.1, -0.05) is 0 Å². The highest BCUT2D eigenvalue weighted by atomic mass is 32.1. The quantitative estimate of drug-likeness (QED) is 0.568. The summed E-state index contributed by atoms with van der Waals surface area (Å²) in [6.45, 7) is 4.49. The van der Waals surface area contributed by atoms with E-state index >= 15 is 0 Å². The molecule has 0 aromatic carbocycles. The summed E-state index contributed by atoms with van der Waals surface area (Å²) in [5.41, 5.74) is 0. The smallest absolute Gasteiger partial charge is 0.195 e. The molecule has 0 fully saturated rings. The van der Waals surface area contributed by atoms with Crippen molar-refractivity contribution < 1.29 is 9.47 Å². The van der Waals surface area contributed by atoms with E-state index in [4.69, 9.17) is 21.7 Å². The molecule has 0 saturated carbocycles. The van der Waals surface area contributed by atoms with Crippen LogP contribution in [0.4, 0.5) is 0 Å². The summed E-state index contributed by atoms with van der Waals surface area (Å²) in [4.78, 5) is 0. The van der Waals surface area contributed by atoms with Gasteiger partial charge >= 0.3 is 0 Å². The summed E-state index contributed by atoms with van der Waals surface area (Å²) in [6, 6.07) is 0. The number of H-pyrrole nitrogens is 1. The van der Waals surface area contributed by atoms with Crippen LogP contribution >= 0.6 is 12.2 Å². The van der Waals surface area contributed by atoms with Crippen LogP contribution in [0.5, 0.6) is 0 Å². The van der Waals surface area contributed by atoms with Crippen molar-refractivity contribution in [2.75, 3.05) is 26.9 Å². The van der Waals surface area contributed by atoms with Crippen molar-refractivity contribution in [2.45, 2.75) is 13.5 Å². The molecule has 1 heterocycles. The van der Waals surface area contributed by atoms with Crippen molar-refractivity contribution in [1.29, 1.82) is 0 Å². The lowest BCUT2D eigenvalue weighted by atomic mass is 10.6. The third-order valence-electron chi connectivity index (χ3n) is 1.84. The van der Waals surface area contributed by atoms with E-state index in [1.165, 1.54) is 0 Å². The van der Waals surface area contributed by atoms with Gasteiger partial charge in [0.1, 0.15) is 5.82 Å². The number of nitrogens with zero attached hydrogens (tertiary/aromatic N) is 2. The third-order valence-corrected chi connectivity index (χ3v) is 2.15. The molecule has 1 rings (SSSR count). The number of methoxy groups -OCH3 is 1. The molecule has 1 N–H and O–H groups in total. The zero-order valence-corrected chi connectivity index (χ0v) is 9.26. The van der Waals surface area contributed by atoms with Crippen molar-refractivity contribution in [1.82, 2.24) is 14.8 Å². The van der Waals surface area contributed by atoms with Gasteiger partial charge in [-0.05, 0) is 19.1 Å².